The number of fused-ring (bicyclic) bond motifs is 1. The molecule has 0 bridgehead atoms. The highest BCUT2D eigenvalue weighted by molar-refractivity contribution is 9.10. The van der Waals surface area contributed by atoms with Crippen molar-refractivity contribution in [3.63, 3.8) is 0 Å². The molecule has 25 heavy (non-hydrogen) atoms. The topological polar surface area (TPSA) is 46.9 Å². The Morgan fingerprint density at radius 3 is 2.64 bits per heavy atom. The number of benzene rings is 2. The number of carbonyl (C=O) groups excluding carboxylic acids is 1. The fourth-order valence-electron chi connectivity index (χ4n) is 2.96. The molecule has 0 aliphatic heterocycles. The standard InChI is InChI=1S/C20H22BrN3O/c1-13(2)12-24-18-10-5-4-9-17(18)23-19(24)14(3)22-20(25)15-7-6-8-16(21)11-15/h4-11,13-14H,12H2,1-3H3,(H,22,25). The fraction of sp³-hybridized carbons (Fsp3) is 0.300. The second-order valence-corrected chi connectivity index (χ2v) is 7.58. The number of hydrogen-bond donors (Lipinski definition) is 1. The maximum Gasteiger partial charge on any atom is 0.251 e. The molecule has 3 rings (SSSR count). The third kappa shape index (κ3) is 3.93. The van der Waals surface area contributed by atoms with E-state index in [4.69, 9.17) is 4.98 Å². The van der Waals surface area contributed by atoms with Crippen molar-refractivity contribution in [2.45, 2.75) is 33.4 Å². The van der Waals surface area contributed by atoms with Crippen LogP contribution in [0.3, 0.4) is 0 Å². The van der Waals surface area contributed by atoms with Crippen LogP contribution in [0.5, 0.6) is 0 Å². The summed E-state index contributed by atoms with van der Waals surface area (Å²) in [4.78, 5) is 17.3. The van der Waals surface area contributed by atoms with Crippen LogP contribution in [0, 0.1) is 5.92 Å². The smallest absolute Gasteiger partial charge is 0.251 e. The summed E-state index contributed by atoms with van der Waals surface area (Å²) in [5.41, 5.74) is 2.70. The van der Waals surface area contributed by atoms with Gasteiger partial charge in [0.05, 0.1) is 17.1 Å². The summed E-state index contributed by atoms with van der Waals surface area (Å²) < 4.78 is 3.10. The molecule has 0 aliphatic carbocycles. The normalized spacial score (nSPS) is 12.5. The van der Waals surface area contributed by atoms with Crippen molar-refractivity contribution < 1.29 is 4.79 Å². The van der Waals surface area contributed by atoms with Crippen LogP contribution in [-0.4, -0.2) is 15.5 Å². The fourth-order valence-corrected chi connectivity index (χ4v) is 3.36. The van der Waals surface area contributed by atoms with E-state index in [9.17, 15) is 4.79 Å². The number of carbonyl (C=O) groups is 1. The Hall–Kier alpha value is -2.14. The Balaban J connectivity index is 1.91. The van der Waals surface area contributed by atoms with Gasteiger partial charge in [-0.05, 0) is 43.2 Å². The van der Waals surface area contributed by atoms with Gasteiger partial charge in [0.2, 0.25) is 0 Å². The maximum atomic E-state index is 12.6. The average molecular weight is 400 g/mol. The molecule has 0 aliphatic rings. The van der Waals surface area contributed by atoms with E-state index in [1.807, 2.05) is 49.4 Å². The van der Waals surface area contributed by atoms with E-state index in [2.05, 4.69) is 45.7 Å². The largest absolute Gasteiger partial charge is 0.342 e. The molecule has 3 aromatic rings. The van der Waals surface area contributed by atoms with Gasteiger partial charge in [0.15, 0.2) is 0 Å². The van der Waals surface area contributed by atoms with E-state index in [1.165, 1.54) is 0 Å². The van der Waals surface area contributed by atoms with Crippen LogP contribution in [0.15, 0.2) is 53.0 Å². The van der Waals surface area contributed by atoms with Crippen molar-refractivity contribution in [3.05, 3.63) is 64.4 Å². The highest BCUT2D eigenvalue weighted by Crippen LogP contribution is 2.22. The summed E-state index contributed by atoms with van der Waals surface area (Å²) in [5, 5.41) is 3.07. The summed E-state index contributed by atoms with van der Waals surface area (Å²) in [6, 6.07) is 15.3. The molecule has 1 heterocycles. The average Bonchev–Trinajstić information content (AvgIpc) is 2.93. The molecule has 5 heteroatoms. The Bertz CT molecular complexity index is 901. The van der Waals surface area contributed by atoms with Gasteiger partial charge in [0, 0.05) is 16.6 Å². The lowest BCUT2D eigenvalue weighted by atomic mass is 10.2. The van der Waals surface area contributed by atoms with Crippen LogP contribution in [-0.2, 0) is 6.54 Å². The van der Waals surface area contributed by atoms with E-state index in [-0.39, 0.29) is 11.9 Å². The Labute approximate surface area is 156 Å². The number of amides is 1. The number of halogens is 1. The van der Waals surface area contributed by atoms with Gasteiger partial charge in [-0.2, -0.15) is 0 Å². The lowest BCUT2D eigenvalue weighted by molar-refractivity contribution is 0.0937. The molecule has 0 saturated carbocycles. The molecule has 1 aromatic heterocycles. The monoisotopic (exact) mass is 399 g/mol. The van der Waals surface area contributed by atoms with E-state index >= 15 is 0 Å². The van der Waals surface area contributed by atoms with Gasteiger partial charge in [-0.15, -0.1) is 0 Å². The first-order chi connectivity index (χ1) is 12.0. The zero-order chi connectivity index (χ0) is 18.0. The number of nitrogens with zero attached hydrogens (tertiary/aromatic N) is 2. The van der Waals surface area contributed by atoms with E-state index in [0.29, 0.717) is 11.5 Å². The molecule has 0 saturated heterocycles. The quantitative estimate of drug-likeness (QED) is 0.659. The number of rotatable bonds is 5. The van der Waals surface area contributed by atoms with Crippen LogP contribution in [0.4, 0.5) is 0 Å². The van der Waals surface area contributed by atoms with Gasteiger partial charge in [-0.1, -0.05) is 48.0 Å². The maximum absolute atomic E-state index is 12.6. The van der Waals surface area contributed by atoms with Gasteiger partial charge in [0.1, 0.15) is 5.82 Å². The zero-order valence-electron chi connectivity index (χ0n) is 14.7. The first-order valence-corrected chi connectivity index (χ1v) is 9.26. The summed E-state index contributed by atoms with van der Waals surface area (Å²) in [6.07, 6.45) is 0. The minimum atomic E-state index is -0.183. The van der Waals surface area contributed by atoms with Gasteiger partial charge in [0.25, 0.3) is 5.91 Å². The van der Waals surface area contributed by atoms with Crippen LogP contribution in [0.1, 0.15) is 43.0 Å². The van der Waals surface area contributed by atoms with Crippen molar-refractivity contribution >= 4 is 32.9 Å². The van der Waals surface area contributed by atoms with E-state index in [1.54, 1.807) is 0 Å². The number of hydrogen-bond acceptors (Lipinski definition) is 2. The Kier molecular flexibility index (Phi) is 5.23. The molecule has 1 N–H and O–H groups in total. The lowest BCUT2D eigenvalue weighted by Crippen LogP contribution is -2.29. The summed E-state index contributed by atoms with van der Waals surface area (Å²) in [5.74, 6) is 1.28. The first-order valence-electron chi connectivity index (χ1n) is 8.47. The summed E-state index contributed by atoms with van der Waals surface area (Å²) >= 11 is 3.41. The molecule has 0 spiro atoms. The third-order valence-corrected chi connectivity index (χ3v) is 4.55. The third-order valence-electron chi connectivity index (χ3n) is 4.05. The lowest BCUT2D eigenvalue weighted by Gasteiger charge is -2.18. The van der Waals surface area contributed by atoms with Crippen molar-refractivity contribution in [2.24, 2.45) is 5.92 Å². The van der Waals surface area contributed by atoms with Crippen LogP contribution in [0.2, 0.25) is 0 Å². The van der Waals surface area contributed by atoms with Gasteiger partial charge < -0.3 is 9.88 Å². The SMILES string of the molecule is CC(C)Cn1c(C(C)NC(=O)c2cccc(Br)c2)nc2ccccc21. The van der Waals surface area contributed by atoms with Crippen molar-refractivity contribution in [2.75, 3.05) is 0 Å². The molecule has 130 valence electrons. The number of imidazole rings is 1. The van der Waals surface area contributed by atoms with Gasteiger partial charge >= 0.3 is 0 Å². The number of nitrogens with one attached hydrogen (secondary N) is 1. The molecule has 4 nitrogen and oxygen atoms in total. The molecular formula is C20H22BrN3O. The summed E-state index contributed by atoms with van der Waals surface area (Å²) in [6.45, 7) is 7.22. The first kappa shape index (κ1) is 17.7. The molecule has 0 radical (unpaired) electrons. The van der Waals surface area contributed by atoms with E-state index < -0.39 is 0 Å². The molecule has 1 unspecified atom stereocenters. The second kappa shape index (κ2) is 7.40. The predicted molar refractivity (Wildman–Crippen MR) is 105 cm³/mol. The summed E-state index contributed by atoms with van der Waals surface area (Å²) in [7, 11) is 0. The number of para-hydroxylation sites is 2. The minimum Gasteiger partial charge on any atom is -0.342 e. The molecular weight excluding hydrogens is 378 g/mol. The minimum absolute atomic E-state index is 0.100. The van der Waals surface area contributed by atoms with Crippen molar-refractivity contribution in [1.82, 2.24) is 14.9 Å². The highest BCUT2D eigenvalue weighted by Gasteiger charge is 2.19. The van der Waals surface area contributed by atoms with Crippen molar-refractivity contribution in [1.29, 1.82) is 0 Å². The van der Waals surface area contributed by atoms with Gasteiger partial charge in [-0.3, -0.25) is 4.79 Å². The second-order valence-electron chi connectivity index (χ2n) is 6.67. The molecule has 1 atom stereocenters. The van der Waals surface area contributed by atoms with Crippen molar-refractivity contribution in [3.8, 4) is 0 Å². The predicted octanol–water partition coefficient (Wildman–Crippen LogP) is 4.95. The molecule has 1 amide bonds. The van der Waals surface area contributed by atoms with Crippen LogP contribution >= 0.6 is 15.9 Å². The number of aromatic nitrogens is 2. The molecule has 0 fully saturated rings. The van der Waals surface area contributed by atoms with Gasteiger partial charge in [-0.25, -0.2) is 4.98 Å². The Morgan fingerprint density at radius 1 is 1.16 bits per heavy atom. The Morgan fingerprint density at radius 2 is 1.92 bits per heavy atom. The van der Waals surface area contributed by atoms with Crippen LogP contribution < -0.4 is 5.32 Å². The highest BCUT2D eigenvalue weighted by atomic mass is 79.9. The van der Waals surface area contributed by atoms with E-state index in [0.717, 1.165) is 27.9 Å². The van der Waals surface area contributed by atoms with Crippen LogP contribution in [0.25, 0.3) is 11.0 Å². The zero-order valence-corrected chi connectivity index (χ0v) is 16.2. The molecule has 2 aromatic carbocycles.